The standard InChI is InChI=1S/C18H19F2N3O5/c1-22(10-12-3-6-14(7-4-12)28-18(19)20)11-17(24)21-15-8-5-13(23(25)26)9-16(15)27-2/h3-9,18H,10-11H2,1-2H3,(H,21,24)/p+1. The SMILES string of the molecule is COc1cc([N+](=O)[O-])ccc1NC(=O)C[NH+](C)Cc1ccc(OC(F)F)cc1. The fourth-order valence-electron chi connectivity index (χ4n) is 2.56. The van der Waals surface area contributed by atoms with Crippen molar-refractivity contribution in [2.45, 2.75) is 13.2 Å². The third-order valence-corrected chi connectivity index (χ3v) is 3.79. The highest BCUT2D eigenvalue weighted by molar-refractivity contribution is 5.93. The van der Waals surface area contributed by atoms with Gasteiger partial charge in [0.2, 0.25) is 0 Å². The third-order valence-electron chi connectivity index (χ3n) is 3.79. The molecule has 10 heteroatoms. The van der Waals surface area contributed by atoms with Gasteiger partial charge in [0, 0.05) is 11.6 Å². The van der Waals surface area contributed by atoms with Gasteiger partial charge in [0.15, 0.2) is 6.54 Å². The Balaban J connectivity index is 1.93. The predicted molar refractivity (Wildman–Crippen MR) is 96.8 cm³/mol. The average Bonchev–Trinajstić information content (AvgIpc) is 2.62. The molecule has 8 nitrogen and oxygen atoms in total. The molecule has 0 heterocycles. The third kappa shape index (κ3) is 6.16. The maximum atomic E-state index is 12.3. The van der Waals surface area contributed by atoms with Gasteiger partial charge in [0.1, 0.15) is 18.0 Å². The first kappa shape index (κ1) is 21.0. The van der Waals surface area contributed by atoms with Crippen LogP contribution in [0.3, 0.4) is 0 Å². The number of nitrogens with one attached hydrogen (secondary N) is 2. The number of quaternary nitrogens is 1. The van der Waals surface area contributed by atoms with Crippen LogP contribution in [-0.4, -0.2) is 38.1 Å². The molecule has 0 bridgehead atoms. The van der Waals surface area contributed by atoms with Crippen molar-refractivity contribution in [1.82, 2.24) is 0 Å². The molecule has 0 aliphatic rings. The summed E-state index contributed by atoms with van der Waals surface area (Å²) in [5.41, 5.74) is 1.04. The number of likely N-dealkylation sites (N-methyl/N-ethyl adjacent to an activating group) is 1. The van der Waals surface area contributed by atoms with Crippen molar-refractivity contribution in [2.75, 3.05) is 26.0 Å². The van der Waals surface area contributed by atoms with Gasteiger partial charge in [-0.15, -0.1) is 0 Å². The quantitative estimate of drug-likeness (QED) is 0.498. The van der Waals surface area contributed by atoms with E-state index in [1.807, 2.05) is 0 Å². The Morgan fingerprint density at radius 2 is 1.93 bits per heavy atom. The van der Waals surface area contributed by atoms with Crippen LogP contribution in [0.2, 0.25) is 0 Å². The lowest BCUT2D eigenvalue weighted by atomic mass is 10.2. The van der Waals surface area contributed by atoms with E-state index in [-0.39, 0.29) is 29.6 Å². The number of carbonyl (C=O) groups is 1. The fraction of sp³-hybridized carbons (Fsp3) is 0.278. The Morgan fingerprint density at radius 1 is 1.25 bits per heavy atom. The lowest BCUT2D eigenvalue weighted by Gasteiger charge is -2.15. The summed E-state index contributed by atoms with van der Waals surface area (Å²) in [5.74, 6) is -0.0449. The van der Waals surface area contributed by atoms with Gasteiger partial charge in [-0.3, -0.25) is 14.9 Å². The summed E-state index contributed by atoms with van der Waals surface area (Å²) in [6, 6.07) is 10.1. The molecule has 1 unspecified atom stereocenters. The largest absolute Gasteiger partial charge is 0.494 e. The summed E-state index contributed by atoms with van der Waals surface area (Å²) in [5, 5.41) is 13.5. The molecule has 0 aliphatic heterocycles. The Hall–Kier alpha value is -3.27. The first-order valence-electron chi connectivity index (χ1n) is 8.26. The maximum Gasteiger partial charge on any atom is 0.387 e. The molecule has 0 aromatic heterocycles. The minimum atomic E-state index is -2.88. The number of nitrogens with zero attached hydrogens (tertiary/aromatic N) is 1. The van der Waals surface area contributed by atoms with Crippen LogP contribution in [0.15, 0.2) is 42.5 Å². The second kappa shape index (κ2) is 9.60. The summed E-state index contributed by atoms with van der Waals surface area (Å²) >= 11 is 0. The second-order valence-corrected chi connectivity index (χ2v) is 6.02. The molecule has 0 saturated heterocycles. The first-order valence-corrected chi connectivity index (χ1v) is 8.26. The number of halogens is 2. The number of ether oxygens (including phenoxy) is 2. The number of hydrogen-bond donors (Lipinski definition) is 2. The highest BCUT2D eigenvalue weighted by Gasteiger charge is 2.16. The zero-order valence-corrected chi connectivity index (χ0v) is 15.3. The minimum Gasteiger partial charge on any atom is -0.494 e. The molecule has 0 radical (unpaired) electrons. The predicted octanol–water partition coefficient (Wildman–Crippen LogP) is 1.86. The summed E-state index contributed by atoms with van der Waals surface area (Å²) in [6.45, 7) is -2.27. The van der Waals surface area contributed by atoms with Crippen molar-refractivity contribution in [1.29, 1.82) is 0 Å². The Morgan fingerprint density at radius 3 is 2.50 bits per heavy atom. The monoisotopic (exact) mass is 396 g/mol. The number of carbonyl (C=O) groups excluding carboxylic acids is 1. The molecule has 2 aromatic carbocycles. The Kier molecular flexibility index (Phi) is 7.21. The van der Waals surface area contributed by atoms with Crippen LogP contribution in [0, 0.1) is 10.1 Å². The molecule has 1 atom stereocenters. The number of alkyl halides is 2. The van der Waals surface area contributed by atoms with Gasteiger partial charge in [-0.1, -0.05) is 0 Å². The number of nitro benzene ring substituents is 1. The minimum absolute atomic E-state index is 0.0689. The van der Waals surface area contributed by atoms with Gasteiger partial charge < -0.3 is 19.7 Å². The average molecular weight is 396 g/mol. The highest BCUT2D eigenvalue weighted by atomic mass is 19.3. The zero-order valence-electron chi connectivity index (χ0n) is 15.3. The van der Waals surface area contributed by atoms with E-state index >= 15 is 0 Å². The van der Waals surface area contributed by atoms with Crippen LogP contribution >= 0.6 is 0 Å². The lowest BCUT2D eigenvalue weighted by molar-refractivity contribution is -0.885. The van der Waals surface area contributed by atoms with Crippen LogP contribution in [0.4, 0.5) is 20.2 Å². The maximum absolute atomic E-state index is 12.3. The van der Waals surface area contributed by atoms with E-state index in [0.717, 1.165) is 10.5 Å². The van der Waals surface area contributed by atoms with E-state index in [2.05, 4.69) is 10.1 Å². The molecular formula is C18H20F2N3O5+. The molecule has 2 N–H and O–H groups in total. The van der Waals surface area contributed by atoms with Crippen molar-refractivity contribution in [2.24, 2.45) is 0 Å². The highest BCUT2D eigenvalue weighted by Crippen LogP contribution is 2.28. The molecule has 1 amide bonds. The van der Waals surface area contributed by atoms with Crippen molar-refractivity contribution in [3.8, 4) is 11.5 Å². The van der Waals surface area contributed by atoms with Gasteiger partial charge in [-0.2, -0.15) is 8.78 Å². The summed E-state index contributed by atoms with van der Waals surface area (Å²) in [7, 11) is 3.16. The molecule has 0 saturated carbocycles. The fourth-order valence-corrected chi connectivity index (χ4v) is 2.56. The van der Waals surface area contributed by atoms with Crippen molar-refractivity contribution < 1.29 is 32.9 Å². The van der Waals surface area contributed by atoms with E-state index in [4.69, 9.17) is 4.74 Å². The van der Waals surface area contributed by atoms with Crippen LogP contribution in [0.25, 0.3) is 0 Å². The van der Waals surface area contributed by atoms with E-state index in [0.29, 0.717) is 12.2 Å². The first-order chi connectivity index (χ1) is 13.3. The topological polar surface area (TPSA) is 95.1 Å². The van der Waals surface area contributed by atoms with Crippen molar-refractivity contribution in [3.63, 3.8) is 0 Å². The molecule has 150 valence electrons. The summed E-state index contributed by atoms with van der Waals surface area (Å²) < 4.78 is 33.7. The number of nitro groups is 1. The molecule has 0 aliphatic carbocycles. The summed E-state index contributed by atoms with van der Waals surface area (Å²) in [6.07, 6.45) is 0. The molecule has 0 spiro atoms. The zero-order chi connectivity index (χ0) is 20.7. The number of methoxy groups -OCH3 is 1. The van der Waals surface area contributed by atoms with Gasteiger partial charge in [-0.25, -0.2) is 0 Å². The number of rotatable bonds is 9. The van der Waals surface area contributed by atoms with Gasteiger partial charge in [0.25, 0.3) is 11.6 Å². The number of anilines is 1. The number of hydrogen-bond acceptors (Lipinski definition) is 5. The van der Waals surface area contributed by atoms with E-state index in [9.17, 15) is 23.7 Å². The lowest BCUT2D eigenvalue weighted by Crippen LogP contribution is -3.08. The van der Waals surface area contributed by atoms with Crippen molar-refractivity contribution >= 4 is 17.3 Å². The Labute approximate surface area is 159 Å². The normalized spacial score (nSPS) is 11.8. The van der Waals surface area contributed by atoms with Crippen LogP contribution in [0.5, 0.6) is 11.5 Å². The van der Waals surface area contributed by atoms with Gasteiger partial charge in [0.05, 0.1) is 30.8 Å². The smallest absolute Gasteiger partial charge is 0.387 e. The number of amides is 1. The molecule has 0 fully saturated rings. The molecular weight excluding hydrogens is 376 g/mol. The van der Waals surface area contributed by atoms with Crippen LogP contribution in [0.1, 0.15) is 5.56 Å². The van der Waals surface area contributed by atoms with E-state index in [1.54, 1.807) is 19.2 Å². The number of non-ortho nitro benzene ring substituents is 1. The molecule has 2 rings (SSSR count). The van der Waals surface area contributed by atoms with Crippen LogP contribution in [-0.2, 0) is 11.3 Å². The number of benzene rings is 2. The molecule has 2 aromatic rings. The van der Waals surface area contributed by atoms with E-state index in [1.165, 1.54) is 37.4 Å². The molecule has 28 heavy (non-hydrogen) atoms. The van der Waals surface area contributed by atoms with Gasteiger partial charge >= 0.3 is 6.61 Å². The summed E-state index contributed by atoms with van der Waals surface area (Å²) in [4.78, 5) is 23.4. The second-order valence-electron chi connectivity index (χ2n) is 6.02. The van der Waals surface area contributed by atoms with E-state index < -0.39 is 11.5 Å². The van der Waals surface area contributed by atoms with Crippen molar-refractivity contribution in [3.05, 3.63) is 58.1 Å². The van der Waals surface area contributed by atoms with Crippen LogP contribution < -0.4 is 19.7 Å². The van der Waals surface area contributed by atoms with Gasteiger partial charge in [-0.05, 0) is 30.3 Å². The Bertz CT molecular complexity index is 830.